The Balaban J connectivity index is 1.86. The minimum Gasteiger partial charge on any atom is -0.465 e. The molecule has 0 saturated heterocycles. The Morgan fingerprint density at radius 3 is 2.30 bits per heavy atom. The number of carbonyl (C=O) groups is 3. The number of nitrogens with zero attached hydrogens (tertiary/aromatic N) is 1. The highest BCUT2D eigenvalue weighted by Gasteiger charge is 2.52. The van der Waals surface area contributed by atoms with Gasteiger partial charge in [0.05, 0.1) is 36.0 Å². The SMILES string of the molecule is CCOC(=O)C1=C(N)N(c2ccccc2C(F)(F)F)C2=C(C(=O)[C@H](C(=O)OCC)[C@H](c3cccs3)C2)[C@H]1c1ccc(F)cc1. The van der Waals surface area contributed by atoms with E-state index in [1.807, 2.05) is 0 Å². The zero-order valence-electron chi connectivity index (χ0n) is 23.7. The first-order valence-corrected chi connectivity index (χ1v) is 14.7. The Hall–Kier alpha value is -4.45. The molecule has 0 saturated carbocycles. The predicted molar refractivity (Wildman–Crippen MR) is 155 cm³/mol. The fraction of sp³-hybridized carbons (Fsp3) is 0.281. The maximum Gasteiger partial charge on any atom is 0.418 e. The Morgan fingerprint density at radius 2 is 1.68 bits per heavy atom. The van der Waals surface area contributed by atoms with E-state index in [1.54, 1.807) is 31.4 Å². The zero-order valence-corrected chi connectivity index (χ0v) is 24.5. The van der Waals surface area contributed by atoms with Crippen molar-refractivity contribution in [2.45, 2.75) is 38.3 Å². The third kappa shape index (κ3) is 5.49. The average molecular weight is 629 g/mol. The van der Waals surface area contributed by atoms with E-state index < -0.39 is 58.7 Å². The van der Waals surface area contributed by atoms with E-state index in [0.29, 0.717) is 4.88 Å². The molecule has 0 amide bonds. The first kappa shape index (κ1) is 31.0. The first-order valence-electron chi connectivity index (χ1n) is 13.8. The van der Waals surface area contributed by atoms with Gasteiger partial charge < -0.3 is 15.2 Å². The smallest absolute Gasteiger partial charge is 0.418 e. The highest BCUT2D eigenvalue weighted by atomic mass is 32.1. The van der Waals surface area contributed by atoms with Crippen molar-refractivity contribution in [3.63, 3.8) is 0 Å². The van der Waals surface area contributed by atoms with Gasteiger partial charge in [0, 0.05) is 22.1 Å². The summed E-state index contributed by atoms with van der Waals surface area (Å²) in [6, 6.07) is 13.1. The van der Waals surface area contributed by atoms with Crippen molar-refractivity contribution in [1.29, 1.82) is 0 Å². The van der Waals surface area contributed by atoms with Gasteiger partial charge >= 0.3 is 18.1 Å². The molecule has 2 aliphatic rings. The predicted octanol–water partition coefficient (Wildman–Crippen LogP) is 6.43. The number of anilines is 1. The average Bonchev–Trinajstić information content (AvgIpc) is 3.52. The molecule has 0 spiro atoms. The monoisotopic (exact) mass is 628 g/mol. The molecule has 3 atom stereocenters. The number of benzene rings is 2. The molecule has 3 aromatic rings. The summed E-state index contributed by atoms with van der Waals surface area (Å²) in [7, 11) is 0. The van der Waals surface area contributed by atoms with Crippen molar-refractivity contribution in [2.24, 2.45) is 11.7 Å². The van der Waals surface area contributed by atoms with Gasteiger partial charge in [-0.2, -0.15) is 13.2 Å². The number of rotatable bonds is 7. The highest BCUT2D eigenvalue weighted by molar-refractivity contribution is 7.10. The normalized spacial score (nSPS) is 20.5. The van der Waals surface area contributed by atoms with Crippen LogP contribution in [0, 0.1) is 11.7 Å². The second-order valence-corrected chi connectivity index (χ2v) is 11.1. The van der Waals surface area contributed by atoms with E-state index >= 15 is 0 Å². The molecule has 230 valence electrons. The molecule has 1 aliphatic carbocycles. The lowest BCUT2D eigenvalue weighted by molar-refractivity contribution is -0.152. The van der Waals surface area contributed by atoms with Crippen LogP contribution in [-0.2, 0) is 30.0 Å². The number of esters is 2. The van der Waals surface area contributed by atoms with Gasteiger partial charge in [-0.15, -0.1) is 11.3 Å². The van der Waals surface area contributed by atoms with Crippen LogP contribution in [-0.4, -0.2) is 30.9 Å². The fourth-order valence-electron chi connectivity index (χ4n) is 5.88. The molecular formula is C32H28F4N2O5S. The van der Waals surface area contributed by atoms with Crippen molar-refractivity contribution in [3.8, 4) is 0 Å². The van der Waals surface area contributed by atoms with Gasteiger partial charge in [0.1, 0.15) is 17.6 Å². The first-order chi connectivity index (χ1) is 21.0. The molecule has 2 heterocycles. The molecule has 44 heavy (non-hydrogen) atoms. The Morgan fingerprint density at radius 1 is 1.00 bits per heavy atom. The summed E-state index contributed by atoms with van der Waals surface area (Å²) in [5.74, 6) is -6.91. The number of allylic oxidation sites excluding steroid dienone is 2. The van der Waals surface area contributed by atoms with E-state index in [-0.39, 0.29) is 47.9 Å². The second kappa shape index (κ2) is 12.3. The molecule has 1 aliphatic heterocycles. The molecule has 2 N–H and O–H groups in total. The minimum atomic E-state index is -4.82. The third-order valence-corrected chi connectivity index (χ3v) is 8.64. The van der Waals surface area contributed by atoms with E-state index in [2.05, 4.69) is 0 Å². The van der Waals surface area contributed by atoms with Crippen LogP contribution in [0.25, 0.3) is 0 Å². The van der Waals surface area contributed by atoms with Gasteiger partial charge in [0.2, 0.25) is 0 Å². The van der Waals surface area contributed by atoms with Crippen LogP contribution in [0.1, 0.15) is 48.1 Å². The standard InChI is InChI=1S/C32H28F4N2O5S/c1-3-42-30(40)25-19(23-10-7-15-44-23)16-22-26(28(25)39)24(17-11-13-18(33)14-12-17)27(31(41)43-4-2)29(37)38(22)21-9-6-5-8-20(21)32(34,35)36/h5-15,19,24-25H,3-4,16,37H2,1-2H3/t19-,24+,25+/m0/s1. The maximum atomic E-state index is 14.6. The van der Waals surface area contributed by atoms with E-state index in [0.717, 1.165) is 23.1 Å². The summed E-state index contributed by atoms with van der Waals surface area (Å²) in [6.07, 6.45) is -4.92. The lowest BCUT2D eigenvalue weighted by Crippen LogP contribution is -2.46. The van der Waals surface area contributed by atoms with Crippen LogP contribution >= 0.6 is 11.3 Å². The van der Waals surface area contributed by atoms with Crippen LogP contribution in [0.4, 0.5) is 23.2 Å². The molecule has 0 fully saturated rings. The van der Waals surface area contributed by atoms with Gasteiger partial charge in [0.25, 0.3) is 0 Å². The molecule has 7 nitrogen and oxygen atoms in total. The van der Waals surface area contributed by atoms with E-state index in [1.165, 1.54) is 41.7 Å². The lowest BCUT2D eigenvalue weighted by Gasteiger charge is -2.44. The molecule has 2 aromatic carbocycles. The maximum absolute atomic E-state index is 14.6. The zero-order chi connectivity index (χ0) is 31.8. The van der Waals surface area contributed by atoms with Crippen LogP contribution in [0.5, 0.6) is 0 Å². The van der Waals surface area contributed by atoms with E-state index in [9.17, 15) is 31.9 Å². The van der Waals surface area contributed by atoms with Crippen LogP contribution in [0.15, 0.2) is 88.7 Å². The number of hydrogen-bond donors (Lipinski definition) is 1. The van der Waals surface area contributed by atoms with Gasteiger partial charge in [0.15, 0.2) is 5.78 Å². The number of alkyl halides is 3. The van der Waals surface area contributed by atoms with Crippen LogP contribution < -0.4 is 10.6 Å². The molecule has 1 aromatic heterocycles. The Labute approximate surface area is 254 Å². The number of thiophene rings is 1. The Kier molecular flexibility index (Phi) is 8.64. The summed E-state index contributed by atoms with van der Waals surface area (Å²) in [5.41, 5.74) is 5.12. The highest BCUT2D eigenvalue weighted by Crippen LogP contribution is 2.53. The number of nitrogens with two attached hydrogens (primary N) is 1. The summed E-state index contributed by atoms with van der Waals surface area (Å²) >= 11 is 1.29. The number of hydrogen-bond acceptors (Lipinski definition) is 8. The van der Waals surface area contributed by atoms with Crippen molar-refractivity contribution in [1.82, 2.24) is 0 Å². The number of ether oxygens (including phenoxy) is 2. The van der Waals surface area contributed by atoms with Crippen molar-refractivity contribution in [2.75, 3.05) is 18.1 Å². The second-order valence-electron chi connectivity index (χ2n) is 10.1. The summed E-state index contributed by atoms with van der Waals surface area (Å²) in [5, 5.41) is 1.76. The summed E-state index contributed by atoms with van der Waals surface area (Å²) in [4.78, 5) is 43.3. The number of para-hydroxylation sites is 1. The quantitative estimate of drug-likeness (QED) is 0.183. The minimum absolute atomic E-state index is 0.0148. The van der Waals surface area contributed by atoms with Gasteiger partial charge in [-0.05, 0) is 61.5 Å². The topological polar surface area (TPSA) is 98.9 Å². The van der Waals surface area contributed by atoms with Crippen molar-refractivity contribution < 1.29 is 41.4 Å². The van der Waals surface area contributed by atoms with Crippen LogP contribution in [0.3, 0.4) is 0 Å². The van der Waals surface area contributed by atoms with Crippen LogP contribution in [0.2, 0.25) is 0 Å². The fourth-order valence-corrected chi connectivity index (χ4v) is 6.75. The molecule has 0 radical (unpaired) electrons. The number of ketones is 1. The largest absolute Gasteiger partial charge is 0.465 e. The van der Waals surface area contributed by atoms with Crippen molar-refractivity contribution >= 4 is 34.7 Å². The molecule has 12 heteroatoms. The number of carbonyl (C=O) groups excluding carboxylic acids is 3. The van der Waals surface area contributed by atoms with E-state index in [4.69, 9.17) is 15.2 Å². The summed E-state index contributed by atoms with van der Waals surface area (Å²) in [6.45, 7) is 3.02. The lowest BCUT2D eigenvalue weighted by atomic mass is 9.68. The summed E-state index contributed by atoms with van der Waals surface area (Å²) < 4.78 is 67.8. The molecule has 0 unspecified atom stereocenters. The van der Waals surface area contributed by atoms with Gasteiger partial charge in [-0.1, -0.05) is 30.3 Å². The molecular weight excluding hydrogens is 600 g/mol. The van der Waals surface area contributed by atoms with Crippen molar-refractivity contribution in [3.05, 3.63) is 111 Å². The molecule has 0 bridgehead atoms. The third-order valence-electron chi connectivity index (χ3n) is 7.64. The Bertz CT molecular complexity index is 1650. The molecule has 5 rings (SSSR count). The number of halogens is 4. The van der Waals surface area contributed by atoms with Gasteiger partial charge in [-0.25, -0.2) is 9.18 Å². The van der Waals surface area contributed by atoms with Gasteiger partial charge in [-0.3, -0.25) is 14.5 Å². The number of Topliss-reactive ketones (excluding diaryl/α,β-unsaturated/α-hetero) is 1.